The minimum Gasteiger partial charge on any atom is -0.319 e. The fourth-order valence-electron chi connectivity index (χ4n) is 3.00. The smallest absolute Gasteiger partial charge is 0.132 e. The number of hydrogen-bond acceptors (Lipinski definition) is 3. The number of nitrogens with one attached hydrogen (secondary N) is 1. The first-order valence-corrected chi connectivity index (χ1v) is 7.47. The lowest BCUT2D eigenvalue weighted by molar-refractivity contribution is 0.433. The van der Waals surface area contributed by atoms with E-state index < -0.39 is 0 Å². The predicted octanol–water partition coefficient (Wildman–Crippen LogP) is 2.53. The van der Waals surface area contributed by atoms with Gasteiger partial charge in [-0.1, -0.05) is 12.1 Å². The third-order valence-corrected chi connectivity index (χ3v) is 4.05. The van der Waals surface area contributed by atoms with E-state index >= 15 is 0 Å². The van der Waals surface area contributed by atoms with Gasteiger partial charge in [0.2, 0.25) is 0 Å². The molecule has 1 unspecified atom stereocenters. The Kier molecular flexibility index (Phi) is 4.25. The molecule has 3 rings (SSSR count). The van der Waals surface area contributed by atoms with E-state index in [1.54, 1.807) is 12.1 Å². The van der Waals surface area contributed by atoms with Gasteiger partial charge in [0.1, 0.15) is 11.6 Å². The highest BCUT2D eigenvalue weighted by Gasteiger charge is 2.19. The molecule has 110 valence electrons. The largest absolute Gasteiger partial charge is 0.319 e. The van der Waals surface area contributed by atoms with Crippen molar-refractivity contribution in [2.45, 2.75) is 25.7 Å². The lowest BCUT2D eigenvalue weighted by Crippen LogP contribution is -2.25. The van der Waals surface area contributed by atoms with Gasteiger partial charge in [0.15, 0.2) is 0 Å². The fraction of sp³-hybridized carbons (Fsp3) is 0.412. The third kappa shape index (κ3) is 3.45. The number of rotatable bonds is 4. The zero-order valence-corrected chi connectivity index (χ0v) is 12.3. The molecule has 1 aliphatic carbocycles. The van der Waals surface area contributed by atoms with Crippen molar-refractivity contribution in [2.24, 2.45) is 5.92 Å². The van der Waals surface area contributed by atoms with E-state index in [9.17, 15) is 4.39 Å². The molecule has 1 atom stereocenters. The highest BCUT2D eigenvalue weighted by molar-refractivity contribution is 5.25. The van der Waals surface area contributed by atoms with Gasteiger partial charge in [-0.3, -0.25) is 0 Å². The quantitative estimate of drug-likeness (QED) is 0.938. The van der Waals surface area contributed by atoms with E-state index in [4.69, 9.17) is 0 Å². The average molecular weight is 285 g/mol. The van der Waals surface area contributed by atoms with Crippen molar-refractivity contribution in [1.82, 2.24) is 15.3 Å². The second kappa shape index (κ2) is 6.31. The first kappa shape index (κ1) is 14.1. The normalized spacial score (nSPS) is 17.5. The first-order chi connectivity index (χ1) is 10.2. The number of benzene rings is 1. The van der Waals surface area contributed by atoms with Crippen LogP contribution in [0, 0.1) is 11.7 Å². The molecule has 1 heterocycles. The van der Waals surface area contributed by atoms with Crippen LogP contribution in [0.3, 0.4) is 0 Å². The molecule has 1 aromatic carbocycles. The number of aryl methyl sites for hydroxylation is 1. The van der Waals surface area contributed by atoms with Crippen molar-refractivity contribution >= 4 is 0 Å². The van der Waals surface area contributed by atoms with Gasteiger partial charge in [0, 0.05) is 18.3 Å². The monoisotopic (exact) mass is 285 g/mol. The van der Waals surface area contributed by atoms with E-state index in [0.717, 1.165) is 30.8 Å². The minimum absolute atomic E-state index is 0.208. The van der Waals surface area contributed by atoms with Crippen molar-refractivity contribution in [2.75, 3.05) is 13.6 Å². The second-order valence-corrected chi connectivity index (χ2v) is 5.73. The zero-order valence-electron chi connectivity index (χ0n) is 12.3. The Bertz CT molecular complexity index is 627. The summed E-state index contributed by atoms with van der Waals surface area (Å²) >= 11 is 0. The van der Waals surface area contributed by atoms with E-state index in [2.05, 4.69) is 15.3 Å². The van der Waals surface area contributed by atoms with Gasteiger partial charge < -0.3 is 5.32 Å². The van der Waals surface area contributed by atoms with Crippen LogP contribution < -0.4 is 5.32 Å². The fourth-order valence-corrected chi connectivity index (χ4v) is 3.00. The summed E-state index contributed by atoms with van der Waals surface area (Å²) < 4.78 is 13.2. The number of hydrogen-bond donors (Lipinski definition) is 1. The SMILES string of the molecule is CNCC1CCc2nc(Cc3cccc(F)c3)ncc2C1. The van der Waals surface area contributed by atoms with Gasteiger partial charge in [-0.05, 0) is 62.0 Å². The maximum atomic E-state index is 13.2. The molecule has 21 heavy (non-hydrogen) atoms. The van der Waals surface area contributed by atoms with E-state index in [-0.39, 0.29) is 5.82 Å². The Morgan fingerprint density at radius 3 is 3.10 bits per heavy atom. The summed E-state index contributed by atoms with van der Waals surface area (Å²) in [5.74, 6) is 1.26. The van der Waals surface area contributed by atoms with Gasteiger partial charge in [-0.2, -0.15) is 0 Å². The van der Waals surface area contributed by atoms with Crippen molar-refractivity contribution in [1.29, 1.82) is 0 Å². The molecule has 0 saturated carbocycles. The number of halogens is 1. The molecule has 3 nitrogen and oxygen atoms in total. The molecular formula is C17H20FN3. The van der Waals surface area contributed by atoms with Gasteiger partial charge in [-0.25, -0.2) is 14.4 Å². The zero-order chi connectivity index (χ0) is 14.7. The molecule has 0 radical (unpaired) electrons. The Hall–Kier alpha value is -1.81. The number of fused-ring (bicyclic) bond motifs is 1. The lowest BCUT2D eigenvalue weighted by atomic mass is 9.87. The van der Waals surface area contributed by atoms with E-state index in [1.165, 1.54) is 23.7 Å². The third-order valence-electron chi connectivity index (χ3n) is 4.05. The Balaban J connectivity index is 1.75. The standard InChI is InChI=1S/C17H20FN3/c1-19-10-13-5-6-16-14(7-13)11-20-17(21-16)9-12-3-2-4-15(18)8-12/h2-4,8,11,13,19H,5-7,9-10H2,1H3. The summed E-state index contributed by atoms with van der Waals surface area (Å²) in [5.41, 5.74) is 3.35. The molecule has 1 aromatic heterocycles. The van der Waals surface area contributed by atoms with Crippen LogP contribution in [-0.2, 0) is 19.3 Å². The summed E-state index contributed by atoms with van der Waals surface area (Å²) in [7, 11) is 1.99. The van der Waals surface area contributed by atoms with Crippen molar-refractivity contribution in [3.8, 4) is 0 Å². The molecule has 2 aromatic rings. The molecule has 0 saturated heterocycles. The average Bonchev–Trinajstić information content (AvgIpc) is 2.48. The van der Waals surface area contributed by atoms with Crippen LogP contribution in [0.15, 0.2) is 30.5 Å². The Morgan fingerprint density at radius 1 is 1.38 bits per heavy atom. The molecule has 4 heteroatoms. The summed E-state index contributed by atoms with van der Waals surface area (Å²) in [6.45, 7) is 1.05. The van der Waals surface area contributed by atoms with E-state index in [1.807, 2.05) is 19.3 Å². The van der Waals surface area contributed by atoms with Gasteiger partial charge in [0.05, 0.1) is 0 Å². The summed E-state index contributed by atoms with van der Waals surface area (Å²) in [6.07, 6.45) is 5.78. The van der Waals surface area contributed by atoms with E-state index in [0.29, 0.717) is 12.3 Å². The van der Waals surface area contributed by atoms with Gasteiger partial charge >= 0.3 is 0 Å². The molecule has 0 fully saturated rings. The highest BCUT2D eigenvalue weighted by atomic mass is 19.1. The maximum absolute atomic E-state index is 13.2. The molecule has 0 spiro atoms. The maximum Gasteiger partial charge on any atom is 0.132 e. The summed E-state index contributed by atoms with van der Waals surface area (Å²) in [5, 5.41) is 3.24. The lowest BCUT2D eigenvalue weighted by Gasteiger charge is -2.23. The molecule has 0 bridgehead atoms. The molecule has 0 aliphatic heterocycles. The van der Waals surface area contributed by atoms with Crippen LogP contribution >= 0.6 is 0 Å². The Morgan fingerprint density at radius 2 is 2.29 bits per heavy atom. The van der Waals surface area contributed by atoms with Crippen LogP contribution in [0.25, 0.3) is 0 Å². The molecule has 1 N–H and O–H groups in total. The number of aromatic nitrogens is 2. The molecule has 0 amide bonds. The van der Waals surface area contributed by atoms with Crippen molar-refractivity contribution in [3.05, 3.63) is 58.9 Å². The van der Waals surface area contributed by atoms with Crippen molar-refractivity contribution in [3.63, 3.8) is 0 Å². The minimum atomic E-state index is -0.208. The topological polar surface area (TPSA) is 37.8 Å². The highest BCUT2D eigenvalue weighted by Crippen LogP contribution is 2.23. The first-order valence-electron chi connectivity index (χ1n) is 7.47. The Labute approximate surface area is 124 Å². The van der Waals surface area contributed by atoms with Crippen molar-refractivity contribution < 1.29 is 4.39 Å². The number of nitrogens with zero attached hydrogens (tertiary/aromatic N) is 2. The molecular weight excluding hydrogens is 265 g/mol. The second-order valence-electron chi connectivity index (χ2n) is 5.73. The molecule has 1 aliphatic rings. The summed E-state index contributed by atoms with van der Waals surface area (Å²) in [6, 6.07) is 6.64. The van der Waals surface area contributed by atoms with Crippen LogP contribution in [0.5, 0.6) is 0 Å². The van der Waals surface area contributed by atoms with Crippen LogP contribution in [0.2, 0.25) is 0 Å². The van der Waals surface area contributed by atoms with Crippen LogP contribution in [0.1, 0.15) is 29.1 Å². The summed E-state index contributed by atoms with van der Waals surface area (Å²) in [4.78, 5) is 9.14. The van der Waals surface area contributed by atoms with Gasteiger partial charge in [-0.15, -0.1) is 0 Å². The van der Waals surface area contributed by atoms with Gasteiger partial charge in [0.25, 0.3) is 0 Å². The van der Waals surface area contributed by atoms with Crippen LogP contribution in [-0.4, -0.2) is 23.6 Å². The predicted molar refractivity (Wildman–Crippen MR) is 80.7 cm³/mol. The van der Waals surface area contributed by atoms with Crippen LogP contribution in [0.4, 0.5) is 4.39 Å².